The number of nitrogens with zero attached hydrogens (tertiary/aromatic N) is 1. The number of hydrogen-bond acceptors (Lipinski definition) is 2. The van der Waals surface area contributed by atoms with E-state index in [0.29, 0.717) is 24.4 Å². The molecule has 3 rings (SSSR count). The first-order chi connectivity index (χ1) is 15.5. The normalized spacial score (nSPS) is 11.6. The molecule has 6 heteroatoms. The summed E-state index contributed by atoms with van der Waals surface area (Å²) in [7, 11) is 1.60. The molecule has 3 aromatic carbocycles. The van der Waals surface area contributed by atoms with Gasteiger partial charge in [-0.3, -0.25) is 9.59 Å². The van der Waals surface area contributed by atoms with E-state index in [1.165, 1.54) is 0 Å². The standard InChI is InChI=1S/C26H26BrClN2O2/c1-29-26(32)24(17-19-7-3-2-4-8-19)30(18-20-11-14-22(27)15-12-20)25(31)16-13-21-9-5-6-10-23(21)28/h2-12,14-15,24H,13,16-18H2,1H3,(H,29,32)/t24-/m1/s1. The van der Waals surface area contributed by atoms with Crippen molar-refractivity contribution >= 4 is 39.3 Å². The minimum Gasteiger partial charge on any atom is -0.357 e. The van der Waals surface area contributed by atoms with Crippen LogP contribution in [0.15, 0.2) is 83.3 Å². The first kappa shape index (κ1) is 24.0. The molecule has 0 heterocycles. The molecule has 0 aliphatic rings. The van der Waals surface area contributed by atoms with Gasteiger partial charge < -0.3 is 10.2 Å². The second-order valence-corrected chi connectivity index (χ2v) is 8.88. The third-order valence-corrected chi connectivity index (χ3v) is 6.25. The van der Waals surface area contributed by atoms with Gasteiger partial charge in [-0.05, 0) is 41.3 Å². The van der Waals surface area contributed by atoms with E-state index in [4.69, 9.17) is 11.6 Å². The van der Waals surface area contributed by atoms with Crippen LogP contribution in [0.1, 0.15) is 23.1 Å². The van der Waals surface area contributed by atoms with Crippen molar-refractivity contribution < 1.29 is 9.59 Å². The third-order valence-electron chi connectivity index (χ3n) is 5.35. The first-order valence-corrected chi connectivity index (χ1v) is 11.7. The van der Waals surface area contributed by atoms with Crippen LogP contribution in [-0.2, 0) is 29.0 Å². The Bertz CT molecular complexity index is 1040. The van der Waals surface area contributed by atoms with Crippen LogP contribution >= 0.6 is 27.5 Å². The number of aryl methyl sites for hydroxylation is 1. The van der Waals surface area contributed by atoms with Crippen LogP contribution < -0.4 is 5.32 Å². The zero-order valence-corrected chi connectivity index (χ0v) is 20.3. The van der Waals surface area contributed by atoms with Crippen LogP contribution in [0, 0.1) is 0 Å². The van der Waals surface area contributed by atoms with E-state index in [9.17, 15) is 9.59 Å². The molecule has 0 bridgehead atoms. The molecule has 0 aliphatic heterocycles. The predicted molar refractivity (Wildman–Crippen MR) is 132 cm³/mol. The van der Waals surface area contributed by atoms with E-state index >= 15 is 0 Å². The van der Waals surface area contributed by atoms with Crippen molar-refractivity contribution in [2.24, 2.45) is 0 Å². The van der Waals surface area contributed by atoms with Gasteiger partial charge in [0.15, 0.2) is 0 Å². The third kappa shape index (κ3) is 6.68. The summed E-state index contributed by atoms with van der Waals surface area (Å²) in [5.74, 6) is -0.269. The quantitative estimate of drug-likeness (QED) is 0.415. The average Bonchev–Trinajstić information content (AvgIpc) is 2.82. The van der Waals surface area contributed by atoms with Crippen LogP contribution in [0.2, 0.25) is 5.02 Å². The maximum atomic E-state index is 13.4. The Hall–Kier alpha value is -2.63. The Morgan fingerprint density at radius 1 is 0.938 bits per heavy atom. The minimum absolute atomic E-state index is 0.0858. The number of nitrogens with one attached hydrogen (secondary N) is 1. The number of carbonyl (C=O) groups excluding carboxylic acids is 2. The molecule has 32 heavy (non-hydrogen) atoms. The second-order valence-electron chi connectivity index (χ2n) is 7.56. The molecule has 3 aromatic rings. The highest BCUT2D eigenvalue weighted by Crippen LogP contribution is 2.20. The molecule has 0 unspecified atom stereocenters. The van der Waals surface area contributed by atoms with Crippen molar-refractivity contribution in [3.05, 3.63) is 105 Å². The lowest BCUT2D eigenvalue weighted by Gasteiger charge is -2.31. The molecule has 1 atom stereocenters. The van der Waals surface area contributed by atoms with Gasteiger partial charge in [-0.1, -0.05) is 88.2 Å². The number of hydrogen-bond donors (Lipinski definition) is 1. The number of likely N-dealkylation sites (N-methyl/N-ethyl adjacent to an activating group) is 1. The Labute approximate surface area is 202 Å². The Balaban J connectivity index is 1.87. The molecule has 2 amide bonds. The highest BCUT2D eigenvalue weighted by atomic mass is 79.9. The number of benzene rings is 3. The molecule has 0 radical (unpaired) electrons. The van der Waals surface area contributed by atoms with E-state index in [0.717, 1.165) is 21.2 Å². The van der Waals surface area contributed by atoms with E-state index in [-0.39, 0.29) is 18.2 Å². The van der Waals surface area contributed by atoms with Gasteiger partial charge in [0.2, 0.25) is 11.8 Å². The zero-order valence-electron chi connectivity index (χ0n) is 17.9. The van der Waals surface area contributed by atoms with E-state index in [2.05, 4.69) is 21.2 Å². The van der Waals surface area contributed by atoms with Gasteiger partial charge in [0.25, 0.3) is 0 Å². The van der Waals surface area contributed by atoms with Crippen molar-refractivity contribution in [1.82, 2.24) is 10.2 Å². The second kappa shape index (κ2) is 11.8. The highest BCUT2D eigenvalue weighted by molar-refractivity contribution is 9.10. The zero-order chi connectivity index (χ0) is 22.9. The van der Waals surface area contributed by atoms with Crippen molar-refractivity contribution in [3.8, 4) is 0 Å². The van der Waals surface area contributed by atoms with Gasteiger partial charge in [0.05, 0.1) is 0 Å². The van der Waals surface area contributed by atoms with Crippen LogP contribution in [-0.4, -0.2) is 29.8 Å². The monoisotopic (exact) mass is 512 g/mol. The number of carbonyl (C=O) groups is 2. The van der Waals surface area contributed by atoms with Gasteiger partial charge in [-0.2, -0.15) is 0 Å². The molecule has 0 saturated carbocycles. The molecule has 0 spiro atoms. The molecule has 0 saturated heterocycles. The molecule has 1 N–H and O–H groups in total. The summed E-state index contributed by atoms with van der Waals surface area (Å²) in [4.78, 5) is 28.0. The lowest BCUT2D eigenvalue weighted by molar-refractivity contribution is -0.141. The summed E-state index contributed by atoms with van der Waals surface area (Å²) in [6, 6.07) is 24.5. The van der Waals surface area contributed by atoms with Crippen LogP contribution in [0.25, 0.3) is 0 Å². The summed E-state index contributed by atoms with van der Waals surface area (Å²) in [6.45, 7) is 0.347. The van der Waals surface area contributed by atoms with Crippen LogP contribution in [0.4, 0.5) is 0 Å². The van der Waals surface area contributed by atoms with Crippen molar-refractivity contribution in [2.75, 3.05) is 7.05 Å². The fraction of sp³-hybridized carbons (Fsp3) is 0.231. The Morgan fingerprint density at radius 3 is 2.25 bits per heavy atom. The van der Waals surface area contributed by atoms with Gasteiger partial charge in [0, 0.05) is 35.9 Å². The lowest BCUT2D eigenvalue weighted by Crippen LogP contribution is -2.49. The molecular weight excluding hydrogens is 488 g/mol. The van der Waals surface area contributed by atoms with Crippen molar-refractivity contribution in [2.45, 2.75) is 31.8 Å². The SMILES string of the molecule is CNC(=O)[C@@H](Cc1ccccc1)N(Cc1ccc(Br)cc1)C(=O)CCc1ccccc1Cl. The van der Waals surface area contributed by atoms with E-state index < -0.39 is 6.04 Å². The largest absolute Gasteiger partial charge is 0.357 e. The first-order valence-electron chi connectivity index (χ1n) is 10.5. The Morgan fingerprint density at radius 2 is 1.59 bits per heavy atom. The Kier molecular flexibility index (Phi) is 8.89. The van der Waals surface area contributed by atoms with Crippen molar-refractivity contribution in [3.63, 3.8) is 0 Å². The van der Waals surface area contributed by atoms with Crippen LogP contribution in [0.3, 0.4) is 0 Å². The van der Waals surface area contributed by atoms with Gasteiger partial charge in [-0.15, -0.1) is 0 Å². The van der Waals surface area contributed by atoms with Crippen molar-refractivity contribution in [1.29, 1.82) is 0 Å². The molecule has 0 fully saturated rings. The van der Waals surface area contributed by atoms with E-state index in [1.54, 1.807) is 11.9 Å². The topological polar surface area (TPSA) is 49.4 Å². The molecular formula is C26H26BrClN2O2. The number of rotatable bonds is 9. The summed E-state index contributed by atoms with van der Waals surface area (Å²) in [5.41, 5.74) is 2.88. The molecule has 0 aliphatic carbocycles. The smallest absolute Gasteiger partial charge is 0.242 e. The van der Waals surface area contributed by atoms with Gasteiger partial charge in [0.1, 0.15) is 6.04 Å². The summed E-state index contributed by atoms with van der Waals surface area (Å²) >= 11 is 9.73. The molecule has 0 aromatic heterocycles. The summed E-state index contributed by atoms with van der Waals surface area (Å²) < 4.78 is 0.963. The average molecular weight is 514 g/mol. The fourth-order valence-corrected chi connectivity index (χ4v) is 4.09. The minimum atomic E-state index is -0.621. The summed E-state index contributed by atoms with van der Waals surface area (Å²) in [5, 5.41) is 3.38. The maximum absolute atomic E-state index is 13.4. The molecule has 4 nitrogen and oxygen atoms in total. The van der Waals surface area contributed by atoms with Gasteiger partial charge in [-0.25, -0.2) is 0 Å². The van der Waals surface area contributed by atoms with Crippen LogP contribution in [0.5, 0.6) is 0 Å². The van der Waals surface area contributed by atoms with Gasteiger partial charge >= 0.3 is 0 Å². The highest BCUT2D eigenvalue weighted by Gasteiger charge is 2.29. The van der Waals surface area contributed by atoms with E-state index in [1.807, 2.05) is 78.9 Å². The molecule has 166 valence electrons. The number of halogens is 2. The fourth-order valence-electron chi connectivity index (χ4n) is 3.59. The lowest BCUT2D eigenvalue weighted by atomic mass is 10.0. The predicted octanol–water partition coefficient (Wildman–Crippen LogP) is 5.42. The number of amides is 2. The maximum Gasteiger partial charge on any atom is 0.242 e. The summed E-state index contributed by atoms with van der Waals surface area (Å²) in [6.07, 6.45) is 1.22.